The minimum absolute atomic E-state index is 0.625. The van der Waals surface area contributed by atoms with Gasteiger partial charge in [-0.15, -0.1) is 0 Å². The number of rotatable bonds is 6. The van der Waals surface area contributed by atoms with Gasteiger partial charge in [0.2, 0.25) is 0 Å². The van der Waals surface area contributed by atoms with Gasteiger partial charge < -0.3 is 5.73 Å². The molecule has 0 spiro atoms. The fourth-order valence-electron chi connectivity index (χ4n) is 1.36. The highest BCUT2D eigenvalue weighted by Gasteiger charge is 1.99. The molecular formula is C11H19N2S+. The Morgan fingerprint density at radius 1 is 1.14 bits per heavy atom. The maximum Gasteiger partial charge on any atom is 0.169 e. The van der Waals surface area contributed by atoms with Gasteiger partial charge in [-0.2, -0.15) is 12.6 Å². The van der Waals surface area contributed by atoms with E-state index in [0.717, 1.165) is 12.3 Å². The van der Waals surface area contributed by atoms with Crippen LogP contribution in [0, 0.1) is 0 Å². The molecule has 0 amide bonds. The SMILES string of the molecule is NCc1cc[n+](CCCCCS)cc1. The molecule has 0 saturated carbocycles. The van der Waals surface area contributed by atoms with Gasteiger partial charge in [-0.1, -0.05) is 0 Å². The van der Waals surface area contributed by atoms with Crippen molar-refractivity contribution in [3.63, 3.8) is 0 Å². The Hall–Kier alpha value is -0.540. The van der Waals surface area contributed by atoms with Gasteiger partial charge in [-0.05, 0) is 24.2 Å². The average Bonchev–Trinajstić information content (AvgIpc) is 2.25. The van der Waals surface area contributed by atoms with Crippen molar-refractivity contribution in [3.05, 3.63) is 30.1 Å². The Morgan fingerprint density at radius 3 is 2.43 bits per heavy atom. The third-order valence-corrected chi connectivity index (χ3v) is 2.59. The summed E-state index contributed by atoms with van der Waals surface area (Å²) in [6.07, 6.45) is 7.90. The fraction of sp³-hybridized carbons (Fsp3) is 0.545. The molecule has 3 heteroatoms. The number of hydrogen-bond acceptors (Lipinski definition) is 2. The molecule has 1 rings (SSSR count). The van der Waals surface area contributed by atoms with Crippen LogP contribution >= 0.6 is 12.6 Å². The van der Waals surface area contributed by atoms with Crippen LogP contribution in [0.1, 0.15) is 24.8 Å². The number of hydrogen-bond donors (Lipinski definition) is 2. The molecule has 0 atom stereocenters. The zero-order valence-corrected chi connectivity index (χ0v) is 9.42. The molecule has 0 aromatic carbocycles. The first kappa shape index (κ1) is 11.5. The molecule has 0 aliphatic heterocycles. The first-order valence-corrected chi connectivity index (χ1v) is 5.79. The molecule has 0 unspecified atom stereocenters. The molecule has 0 radical (unpaired) electrons. The molecule has 2 N–H and O–H groups in total. The molecule has 78 valence electrons. The smallest absolute Gasteiger partial charge is 0.169 e. The number of nitrogens with zero attached hydrogens (tertiary/aromatic N) is 1. The minimum Gasteiger partial charge on any atom is -0.326 e. The Morgan fingerprint density at radius 2 is 1.86 bits per heavy atom. The van der Waals surface area contributed by atoms with Crippen molar-refractivity contribution in [1.82, 2.24) is 0 Å². The lowest BCUT2D eigenvalue weighted by molar-refractivity contribution is -0.697. The van der Waals surface area contributed by atoms with Gasteiger partial charge in [0.15, 0.2) is 12.4 Å². The molecule has 0 saturated heterocycles. The van der Waals surface area contributed by atoms with Crippen LogP contribution in [0.15, 0.2) is 24.5 Å². The van der Waals surface area contributed by atoms with Gasteiger partial charge in [0.25, 0.3) is 0 Å². The van der Waals surface area contributed by atoms with Gasteiger partial charge in [-0.25, -0.2) is 4.57 Å². The van der Waals surface area contributed by atoms with Crippen molar-refractivity contribution < 1.29 is 4.57 Å². The van der Waals surface area contributed by atoms with Crippen molar-refractivity contribution >= 4 is 12.6 Å². The second kappa shape index (κ2) is 6.85. The Bertz CT molecular complexity index is 246. The molecule has 2 nitrogen and oxygen atoms in total. The summed E-state index contributed by atoms with van der Waals surface area (Å²) in [5.41, 5.74) is 6.71. The first-order chi connectivity index (χ1) is 6.86. The Kier molecular flexibility index (Phi) is 5.64. The summed E-state index contributed by atoms with van der Waals surface area (Å²) in [7, 11) is 0. The molecule has 0 fully saturated rings. The van der Waals surface area contributed by atoms with E-state index < -0.39 is 0 Å². The van der Waals surface area contributed by atoms with Crippen molar-refractivity contribution in [2.75, 3.05) is 5.75 Å². The van der Waals surface area contributed by atoms with E-state index in [9.17, 15) is 0 Å². The lowest BCUT2D eigenvalue weighted by Crippen LogP contribution is -2.32. The van der Waals surface area contributed by atoms with E-state index in [4.69, 9.17) is 5.73 Å². The van der Waals surface area contributed by atoms with Crippen LogP contribution in [-0.4, -0.2) is 5.75 Å². The predicted molar refractivity (Wildman–Crippen MR) is 62.2 cm³/mol. The van der Waals surface area contributed by atoms with E-state index in [0.29, 0.717) is 6.54 Å². The van der Waals surface area contributed by atoms with E-state index in [1.807, 2.05) is 0 Å². The quantitative estimate of drug-likeness (QED) is 0.417. The van der Waals surface area contributed by atoms with Crippen molar-refractivity contribution in [1.29, 1.82) is 0 Å². The van der Waals surface area contributed by atoms with Crippen LogP contribution in [0.5, 0.6) is 0 Å². The van der Waals surface area contributed by atoms with E-state index in [1.54, 1.807) is 0 Å². The van der Waals surface area contributed by atoms with E-state index in [-0.39, 0.29) is 0 Å². The third kappa shape index (κ3) is 4.11. The summed E-state index contributed by atoms with van der Waals surface area (Å²) in [6.45, 7) is 1.72. The van der Waals surface area contributed by atoms with Gasteiger partial charge >= 0.3 is 0 Å². The molecule has 1 heterocycles. The number of pyridine rings is 1. The van der Waals surface area contributed by atoms with Crippen LogP contribution in [0.2, 0.25) is 0 Å². The van der Waals surface area contributed by atoms with Gasteiger partial charge in [0, 0.05) is 25.1 Å². The molecule has 0 aliphatic rings. The van der Waals surface area contributed by atoms with Crippen LogP contribution < -0.4 is 10.3 Å². The van der Waals surface area contributed by atoms with Gasteiger partial charge in [0.05, 0.1) is 0 Å². The van der Waals surface area contributed by atoms with E-state index in [2.05, 4.69) is 41.7 Å². The summed E-state index contributed by atoms with van der Waals surface area (Å²) in [4.78, 5) is 0. The fourth-order valence-corrected chi connectivity index (χ4v) is 1.58. The maximum atomic E-state index is 5.52. The van der Waals surface area contributed by atoms with Gasteiger partial charge in [-0.3, -0.25) is 0 Å². The largest absolute Gasteiger partial charge is 0.326 e. The third-order valence-electron chi connectivity index (χ3n) is 2.27. The summed E-state index contributed by atoms with van der Waals surface area (Å²) in [6, 6.07) is 4.16. The molecule has 1 aromatic rings. The van der Waals surface area contributed by atoms with Gasteiger partial charge in [0.1, 0.15) is 6.54 Å². The van der Waals surface area contributed by atoms with Crippen LogP contribution in [-0.2, 0) is 13.1 Å². The standard InChI is InChI=1S/C11H18N2S/c12-10-11-4-7-13(8-5-11)6-2-1-3-9-14/h4-5,7-8H,1-3,6,9-10,12H2/p+1. The summed E-state index contributed by atoms with van der Waals surface area (Å²) in [5.74, 6) is 0.997. The maximum absolute atomic E-state index is 5.52. The van der Waals surface area contributed by atoms with Crippen LogP contribution in [0.3, 0.4) is 0 Å². The minimum atomic E-state index is 0.625. The van der Waals surface area contributed by atoms with Crippen molar-refractivity contribution in [2.24, 2.45) is 5.73 Å². The Balaban J connectivity index is 2.29. The monoisotopic (exact) mass is 211 g/mol. The van der Waals surface area contributed by atoms with Crippen molar-refractivity contribution in [3.8, 4) is 0 Å². The predicted octanol–water partition coefficient (Wildman–Crippen LogP) is 1.53. The molecule has 0 bridgehead atoms. The Labute approximate surface area is 91.5 Å². The molecule has 0 aliphatic carbocycles. The van der Waals surface area contributed by atoms with Crippen molar-refractivity contribution in [2.45, 2.75) is 32.4 Å². The number of aromatic nitrogens is 1. The first-order valence-electron chi connectivity index (χ1n) is 5.15. The lowest BCUT2D eigenvalue weighted by atomic mass is 10.2. The van der Waals surface area contributed by atoms with E-state index >= 15 is 0 Å². The number of nitrogens with two attached hydrogens (primary N) is 1. The normalized spacial score (nSPS) is 10.4. The summed E-state index contributed by atoms with van der Waals surface area (Å²) < 4.78 is 2.21. The highest BCUT2D eigenvalue weighted by molar-refractivity contribution is 7.80. The van der Waals surface area contributed by atoms with Crippen LogP contribution in [0.4, 0.5) is 0 Å². The summed E-state index contributed by atoms with van der Waals surface area (Å²) in [5, 5.41) is 0. The highest BCUT2D eigenvalue weighted by atomic mass is 32.1. The molecule has 1 aromatic heterocycles. The number of aryl methyl sites for hydroxylation is 1. The second-order valence-corrected chi connectivity index (χ2v) is 3.88. The highest BCUT2D eigenvalue weighted by Crippen LogP contribution is 1.97. The number of thiol groups is 1. The lowest BCUT2D eigenvalue weighted by Gasteiger charge is -1.98. The average molecular weight is 211 g/mol. The topological polar surface area (TPSA) is 29.9 Å². The zero-order chi connectivity index (χ0) is 10.2. The van der Waals surface area contributed by atoms with E-state index in [1.165, 1.54) is 24.8 Å². The second-order valence-electron chi connectivity index (χ2n) is 3.43. The number of unbranched alkanes of at least 4 members (excludes halogenated alkanes) is 2. The zero-order valence-electron chi connectivity index (χ0n) is 8.52. The summed E-state index contributed by atoms with van der Waals surface area (Å²) >= 11 is 4.19. The van der Waals surface area contributed by atoms with Crippen LogP contribution in [0.25, 0.3) is 0 Å². The molecular weight excluding hydrogens is 192 g/mol. The molecule has 14 heavy (non-hydrogen) atoms.